The Balaban J connectivity index is 2.25. The third-order valence-corrected chi connectivity index (χ3v) is 4.94. The molecule has 0 saturated carbocycles. The smallest absolute Gasteiger partial charge is 0.377 e. The van der Waals surface area contributed by atoms with Crippen LogP contribution in [0.2, 0.25) is 0 Å². The lowest BCUT2D eigenvalue weighted by Gasteiger charge is -2.49. The SMILES string of the molecule is Cc1ccc2c(c1)C(COC(C)C)(C(F)(F)F)C1C=C(Cl)C=NC1N2. The highest BCUT2D eigenvalue weighted by Crippen LogP contribution is 2.55. The molecule has 2 heterocycles. The average molecular weight is 373 g/mol. The number of aryl methyl sites for hydroxylation is 1. The van der Waals surface area contributed by atoms with Gasteiger partial charge in [0.1, 0.15) is 11.6 Å². The van der Waals surface area contributed by atoms with Gasteiger partial charge in [-0.3, -0.25) is 4.99 Å². The molecular formula is C18H20ClF3N2O. The number of dihydropyridines is 1. The zero-order valence-electron chi connectivity index (χ0n) is 14.2. The Morgan fingerprint density at radius 3 is 2.72 bits per heavy atom. The highest BCUT2D eigenvalue weighted by Gasteiger charge is 2.64. The van der Waals surface area contributed by atoms with Crippen LogP contribution in [-0.2, 0) is 10.2 Å². The van der Waals surface area contributed by atoms with Crippen LogP contribution in [0.4, 0.5) is 18.9 Å². The van der Waals surface area contributed by atoms with Gasteiger partial charge in [-0.2, -0.15) is 13.2 Å². The maximum Gasteiger partial charge on any atom is 0.401 e. The Hall–Kier alpha value is -1.53. The van der Waals surface area contributed by atoms with Crippen molar-refractivity contribution in [3.8, 4) is 0 Å². The number of nitrogens with one attached hydrogen (secondary N) is 1. The first-order valence-electron chi connectivity index (χ1n) is 8.11. The molecule has 1 aromatic rings. The van der Waals surface area contributed by atoms with Crippen LogP contribution in [0.1, 0.15) is 25.0 Å². The fraction of sp³-hybridized carbons (Fsp3) is 0.500. The molecule has 0 saturated heterocycles. The summed E-state index contributed by atoms with van der Waals surface area (Å²) in [6.45, 7) is 4.74. The van der Waals surface area contributed by atoms with E-state index in [2.05, 4.69) is 10.3 Å². The van der Waals surface area contributed by atoms with E-state index in [0.29, 0.717) is 5.69 Å². The van der Waals surface area contributed by atoms with E-state index < -0.39 is 30.3 Å². The summed E-state index contributed by atoms with van der Waals surface area (Å²) < 4.78 is 49.1. The molecule has 2 aliphatic heterocycles. The molecule has 25 heavy (non-hydrogen) atoms. The van der Waals surface area contributed by atoms with Crippen molar-refractivity contribution in [1.29, 1.82) is 0 Å². The summed E-state index contributed by atoms with van der Waals surface area (Å²) in [5.74, 6) is -0.988. The highest BCUT2D eigenvalue weighted by molar-refractivity contribution is 6.39. The Bertz CT molecular complexity index is 730. The minimum absolute atomic E-state index is 0.180. The van der Waals surface area contributed by atoms with Crippen molar-refractivity contribution in [1.82, 2.24) is 0 Å². The van der Waals surface area contributed by atoms with Gasteiger partial charge in [0.05, 0.1) is 17.7 Å². The number of rotatable bonds is 3. The number of benzene rings is 1. The van der Waals surface area contributed by atoms with E-state index in [1.807, 2.05) is 0 Å². The molecule has 3 unspecified atom stereocenters. The normalized spacial score (nSPS) is 28.2. The first-order valence-corrected chi connectivity index (χ1v) is 8.49. The molecule has 0 amide bonds. The molecule has 2 aliphatic rings. The molecule has 0 bridgehead atoms. The molecule has 7 heteroatoms. The van der Waals surface area contributed by atoms with Gasteiger partial charge in [0.2, 0.25) is 0 Å². The summed E-state index contributed by atoms with van der Waals surface area (Å²) in [4.78, 5) is 4.20. The van der Waals surface area contributed by atoms with Gasteiger partial charge in [-0.15, -0.1) is 0 Å². The predicted molar refractivity (Wildman–Crippen MR) is 93.3 cm³/mol. The van der Waals surface area contributed by atoms with Gasteiger partial charge in [0.25, 0.3) is 0 Å². The minimum Gasteiger partial charge on any atom is -0.377 e. The van der Waals surface area contributed by atoms with Crippen molar-refractivity contribution >= 4 is 23.5 Å². The number of nitrogens with zero attached hydrogens (tertiary/aromatic N) is 1. The van der Waals surface area contributed by atoms with Crippen LogP contribution in [0.15, 0.2) is 34.3 Å². The fourth-order valence-electron chi connectivity index (χ4n) is 3.48. The summed E-state index contributed by atoms with van der Waals surface area (Å²) in [7, 11) is 0. The van der Waals surface area contributed by atoms with Crippen LogP contribution < -0.4 is 5.32 Å². The second-order valence-electron chi connectivity index (χ2n) is 6.82. The number of hydrogen-bond acceptors (Lipinski definition) is 3. The molecule has 3 nitrogen and oxygen atoms in total. The number of allylic oxidation sites excluding steroid dienone is 1. The van der Waals surface area contributed by atoms with Crippen LogP contribution in [0.3, 0.4) is 0 Å². The molecule has 0 aliphatic carbocycles. The fourth-order valence-corrected chi connectivity index (χ4v) is 3.67. The number of halogens is 4. The van der Waals surface area contributed by atoms with Crippen molar-refractivity contribution in [3.63, 3.8) is 0 Å². The molecule has 3 rings (SSSR count). The topological polar surface area (TPSA) is 33.6 Å². The minimum atomic E-state index is -4.53. The van der Waals surface area contributed by atoms with Crippen LogP contribution in [0.25, 0.3) is 0 Å². The molecule has 0 spiro atoms. The lowest BCUT2D eigenvalue weighted by atomic mass is 9.65. The van der Waals surface area contributed by atoms with Gasteiger partial charge in [-0.05, 0) is 32.4 Å². The molecular weight excluding hydrogens is 353 g/mol. The van der Waals surface area contributed by atoms with Gasteiger partial charge in [0.15, 0.2) is 0 Å². The molecule has 136 valence electrons. The summed E-state index contributed by atoms with van der Waals surface area (Å²) >= 11 is 6.01. The summed E-state index contributed by atoms with van der Waals surface area (Å²) in [6.07, 6.45) is -2.77. The van der Waals surface area contributed by atoms with Gasteiger partial charge in [-0.25, -0.2) is 0 Å². The van der Waals surface area contributed by atoms with Crippen LogP contribution in [0.5, 0.6) is 0 Å². The third-order valence-electron chi connectivity index (χ3n) is 4.72. The maximum absolute atomic E-state index is 14.5. The molecule has 1 N–H and O–H groups in total. The maximum atomic E-state index is 14.5. The quantitative estimate of drug-likeness (QED) is 0.827. The standard InChI is InChI=1S/C18H20ClF3N2O/c1-10(2)25-9-17(18(20,21)22)13-6-11(3)4-5-15(13)24-16-14(17)7-12(19)8-23-16/h4-8,10,14,16,24H,9H2,1-3H3. The molecule has 0 aromatic heterocycles. The van der Waals surface area contributed by atoms with E-state index in [1.165, 1.54) is 12.3 Å². The molecule has 0 fully saturated rings. The number of alkyl halides is 3. The largest absolute Gasteiger partial charge is 0.401 e. The van der Waals surface area contributed by atoms with Crippen LogP contribution >= 0.6 is 11.6 Å². The number of ether oxygens (including phenoxy) is 1. The predicted octanol–water partition coefficient (Wildman–Crippen LogP) is 4.80. The van der Waals surface area contributed by atoms with E-state index in [0.717, 1.165) is 5.56 Å². The highest BCUT2D eigenvalue weighted by atomic mass is 35.5. The second kappa shape index (κ2) is 6.32. The second-order valence-corrected chi connectivity index (χ2v) is 7.26. The van der Waals surface area contributed by atoms with Gasteiger partial charge in [-0.1, -0.05) is 35.4 Å². The number of hydrogen-bond donors (Lipinski definition) is 1. The van der Waals surface area contributed by atoms with E-state index in [1.54, 1.807) is 39.0 Å². The van der Waals surface area contributed by atoms with Crippen molar-refractivity contribution < 1.29 is 17.9 Å². The van der Waals surface area contributed by atoms with Gasteiger partial charge in [0, 0.05) is 17.8 Å². The van der Waals surface area contributed by atoms with Gasteiger partial charge < -0.3 is 10.1 Å². The van der Waals surface area contributed by atoms with E-state index in [9.17, 15) is 13.2 Å². The van der Waals surface area contributed by atoms with Crippen molar-refractivity contribution in [2.75, 3.05) is 11.9 Å². The van der Waals surface area contributed by atoms with Crippen LogP contribution in [-0.4, -0.2) is 31.3 Å². The van der Waals surface area contributed by atoms with E-state index in [-0.39, 0.29) is 16.7 Å². The zero-order valence-corrected chi connectivity index (χ0v) is 14.9. The summed E-state index contributed by atoms with van der Waals surface area (Å²) in [5, 5.41) is 3.31. The Morgan fingerprint density at radius 1 is 1.36 bits per heavy atom. The zero-order chi connectivity index (χ0) is 18.4. The van der Waals surface area contributed by atoms with Crippen molar-refractivity contribution in [2.24, 2.45) is 10.9 Å². The van der Waals surface area contributed by atoms with Crippen LogP contribution in [0, 0.1) is 12.8 Å². The first-order chi connectivity index (χ1) is 11.6. The Morgan fingerprint density at radius 2 is 2.08 bits per heavy atom. The summed E-state index contributed by atoms with van der Waals surface area (Å²) in [5.41, 5.74) is -0.849. The lowest BCUT2D eigenvalue weighted by Crippen LogP contribution is -2.59. The van der Waals surface area contributed by atoms with Crippen molar-refractivity contribution in [2.45, 2.75) is 44.6 Å². The first kappa shape index (κ1) is 18.3. The monoisotopic (exact) mass is 372 g/mol. The number of anilines is 1. The van der Waals surface area contributed by atoms with E-state index >= 15 is 0 Å². The van der Waals surface area contributed by atoms with Gasteiger partial charge >= 0.3 is 6.18 Å². The lowest BCUT2D eigenvalue weighted by molar-refractivity contribution is -0.222. The Labute approximate surface area is 149 Å². The average Bonchev–Trinajstić information content (AvgIpc) is 2.51. The summed E-state index contributed by atoms with van der Waals surface area (Å²) in [6, 6.07) is 5.04. The van der Waals surface area contributed by atoms with E-state index in [4.69, 9.17) is 16.3 Å². The third kappa shape index (κ3) is 3.06. The molecule has 3 atom stereocenters. The number of aliphatic imine (C=N–C) groups is 1. The molecule has 1 aromatic carbocycles. The number of fused-ring (bicyclic) bond motifs is 2. The van der Waals surface area contributed by atoms with Crippen molar-refractivity contribution in [3.05, 3.63) is 40.4 Å². The molecule has 0 radical (unpaired) electrons. The Kier molecular flexibility index (Phi) is 4.62.